The zero-order chi connectivity index (χ0) is 27.4. The third-order valence-electron chi connectivity index (χ3n) is 6.32. The van der Waals surface area contributed by atoms with Crippen molar-refractivity contribution in [3.05, 3.63) is 80.0 Å². The number of amides is 2. The van der Waals surface area contributed by atoms with E-state index >= 15 is 0 Å². The summed E-state index contributed by atoms with van der Waals surface area (Å²) < 4.78 is 61.2. The Bertz CT molecular complexity index is 1500. The van der Waals surface area contributed by atoms with Gasteiger partial charge in [0.2, 0.25) is 11.8 Å². The molecule has 2 aromatic carbocycles. The number of ether oxygens (including phenoxy) is 1. The Morgan fingerprint density at radius 2 is 1.71 bits per heavy atom. The lowest BCUT2D eigenvalue weighted by Gasteiger charge is -2.30. The Morgan fingerprint density at radius 1 is 1.03 bits per heavy atom. The van der Waals surface area contributed by atoms with Gasteiger partial charge in [-0.1, -0.05) is 47.4 Å². The quantitative estimate of drug-likeness (QED) is 0.258. The highest BCUT2D eigenvalue weighted by Gasteiger charge is 2.57. The van der Waals surface area contributed by atoms with E-state index in [4.69, 9.17) is 4.74 Å². The van der Waals surface area contributed by atoms with E-state index < -0.39 is 69.5 Å². The molecule has 0 saturated carbocycles. The number of aromatic nitrogens is 1. The molecule has 1 aromatic heterocycles. The Labute approximate surface area is 221 Å². The van der Waals surface area contributed by atoms with Gasteiger partial charge in [-0.2, -0.15) is 13.2 Å². The standard InChI is InChI=1S/C25H18F4N2O5S2/c1-2-36-16(32)11-30-23-20(38-24(30)35)17(12-7-9-13(26)10-8-12)18-19(37-23)22(34)31(21(18)33)15-6-4-3-5-14(15)25(27,28)29/h3-10,17-19H,2,11H2,1H3. The van der Waals surface area contributed by atoms with E-state index in [2.05, 4.69) is 0 Å². The molecule has 0 N–H and O–H groups in total. The zero-order valence-electron chi connectivity index (χ0n) is 19.5. The molecule has 198 valence electrons. The number of carbonyl (C=O) groups is 3. The molecule has 3 atom stereocenters. The van der Waals surface area contributed by atoms with Crippen LogP contribution >= 0.6 is 23.1 Å². The first-order valence-electron chi connectivity index (χ1n) is 11.4. The third-order valence-corrected chi connectivity index (χ3v) is 8.93. The van der Waals surface area contributed by atoms with Crippen molar-refractivity contribution in [2.45, 2.75) is 35.8 Å². The summed E-state index contributed by atoms with van der Waals surface area (Å²) in [6.45, 7) is 1.24. The molecule has 1 fully saturated rings. The molecule has 7 nitrogen and oxygen atoms in total. The summed E-state index contributed by atoms with van der Waals surface area (Å²) in [5.41, 5.74) is -1.33. The van der Waals surface area contributed by atoms with Crippen LogP contribution in [0, 0.1) is 11.7 Å². The second-order valence-corrected chi connectivity index (χ2v) is 10.7. The van der Waals surface area contributed by atoms with Gasteiger partial charge >= 0.3 is 17.0 Å². The minimum Gasteiger partial charge on any atom is -0.465 e. The van der Waals surface area contributed by atoms with E-state index in [1.165, 1.54) is 18.2 Å². The van der Waals surface area contributed by atoms with Crippen molar-refractivity contribution >= 4 is 46.6 Å². The molecule has 3 heterocycles. The Balaban J connectivity index is 1.66. The van der Waals surface area contributed by atoms with Crippen LogP contribution in [0.15, 0.2) is 58.4 Å². The number of imide groups is 1. The Kier molecular flexibility index (Phi) is 6.68. The van der Waals surface area contributed by atoms with Crippen LogP contribution in [0.4, 0.5) is 23.2 Å². The van der Waals surface area contributed by atoms with Gasteiger partial charge < -0.3 is 4.74 Å². The van der Waals surface area contributed by atoms with Crippen molar-refractivity contribution in [3.8, 4) is 0 Å². The summed E-state index contributed by atoms with van der Waals surface area (Å²) in [6, 6.07) is 9.42. The van der Waals surface area contributed by atoms with Gasteiger partial charge in [-0.25, -0.2) is 9.29 Å². The van der Waals surface area contributed by atoms with Crippen molar-refractivity contribution < 1.29 is 36.7 Å². The van der Waals surface area contributed by atoms with Crippen LogP contribution in [-0.2, 0) is 31.8 Å². The molecule has 3 unspecified atom stereocenters. The van der Waals surface area contributed by atoms with Crippen LogP contribution in [0.25, 0.3) is 0 Å². The SMILES string of the molecule is CCOC(=O)Cn1c2c(sc1=O)C(c1ccc(F)cc1)C1C(=O)N(c3ccccc3C(F)(F)F)C(=O)C1S2. The molecule has 5 rings (SSSR count). The fourth-order valence-electron chi connectivity index (χ4n) is 4.77. The molecule has 0 spiro atoms. The topological polar surface area (TPSA) is 85.7 Å². The van der Waals surface area contributed by atoms with Gasteiger partial charge in [-0.15, -0.1) is 0 Å². The van der Waals surface area contributed by atoms with Gasteiger partial charge in [-0.3, -0.25) is 23.7 Å². The van der Waals surface area contributed by atoms with E-state index in [1.54, 1.807) is 6.92 Å². The number of anilines is 1. The van der Waals surface area contributed by atoms with Crippen molar-refractivity contribution in [1.29, 1.82) is 0 Å². The van der Waals surface area contributed by atoms with Crippen LogP contribution < -0.4 is 9.77 Å². The van der Waals surface area contributed by atoms with E-state index in [-0.39, 0.29) is 11.6 Å². The zero-order valence-corrected chi connectivity index (χ0v) is 21.2. The number of alkyl halides is 3. The van der Waals surface area contributed by atoms with Crippen molar-refractivity contribution in [2.24, 2.45) is 5.92 Å². The van der Waals surface area contributed by atoms with Crippen LogP contribution in [-0.4, -0.2) is 34.2 Å². The monoisotopic (exact) mass is 566 g/mol. The summed E-state index contributed by atoms with van der Waals surface area (Å²) in [6.07, 6.45) is -4.83. The maximum Gasteiger partial charge on any atom is 0.418 e. The maximum atomic E-state index is 13.8. The first-order chi connectivity index (χ1) is 18.0. The lowest BCUT2D eigenvalue weighted by Crippen LogP contribution is -2.33. The van der Waals surface area contributed by atoms with E-state index in [0.29, 0.717) is 15.3 Å². The lowest BCUT2D eigenvalue weighted by atomic mass is 9.83. The average molecular weight is 567 g/mol. The molecule has 38 heavy (non-hydrogen) atoms. The number of nitrogens with zero attached hydrogens (tertiary/aromatic N) is 2. The number of esters is 1. The number of para-hydroxylation sites is 1. The van der Waals surface area contributed by atoms with Crippen LogP contribution in [0.3, 0.4) is 0 Å². The number of halogens is 4. The number of carbonyl (C=O) groups excluding carboxylic acids is 3. The molecule has 0 aliphatic carbocycles. The molecular weight excluding hydrogens is 548 g/mol. The fraction of sp³-hybridized carbons (Fsp3) is 0.280. The van der Waals surface area contributed by atoms with Gasteiger partial charge in [0.05, 0.1) is 28.8 Å². The summed E-state index contributed by atoms with van der Waals surface area (Å²) in [5, 5.41) is -0.940. The largest absolute Gasteiger partial charge is 0.465 e. The highest BCUT2D eigenvalue weighted by Crippen LogP contribution is 2.54. The molecule has 0 radical (unpaired) electrons. The fourth-order valence-corrected chi connectivity index (χ4v) is 7.54. The Morgan fingerprint density at radius 3 is 2.37 bits per heavy atom. The minimum atomic E-state index is -4.83. The van der Waals surface area contributed by atoms with Crippen LogP contribution in [0.1, 0.15) is 28.8 Å². The van der Waals surface area contributed by atoms with E-state index in [9.17, 15) is 36.7 Å². The van der Waals surface area contributed by atoms with Crippen LogP contribution in [0.5, 0.6) is 0 Å². The number of fused-ring (bicyclic) bond motifs is 2. The number of rotatable bonds is 5. The number of hydrogen-bond donors (Lipinski definition) is 0. The normalized spacial score (nSPS) is 20.9. The van der Waals surface area contributed by atoms with Gasteiger partial charge in [0.15, 0.2) is 0 Å². The van der Waals surface area contributed by atoms with Crippen LogP contribution in [0.2, 0.25) is 0 Å². The lowest BCUT2D eigenvalue weighted by molar-refractivity contribution is -0.144. The van der Waals surface area contributed by atoms with Crippen molar-refractivity contribution in [2.75, 3.05) is 11.5 Å². The first-order valence-corrected chi connectivity index (χ1v) is 13.1. The summed E-state index contributed by atoms with van der Waals surface area (Å²) in [7, 11) is 0. The molecule has 1 saturated heterocycles. The third kappa shape index (κ3) is 4.33. The predicted molar refractivity (Wildman–Crippen MR) is 131 cm³/mol. The van der Waals surface area contributed by atoms with E-state index in [1.807, 2.05) is 0 Å². The minimum absolute atomic E-state index is 0.0799. The molecule has 3 aromatic rings. The number of thioether (sulfide) groups is 1. The molecule has 0 bridgehead atoms. The summed E-state index contributed by atoms with van der Waals surface area (Å²) in [4.78, 5) is 52.8. The van der Waals surface area contributed by atoms with Crippen molar-refractivity contribution in [3.63, 3.8) is 0 Å². The van der Waals surface area contributed by atoms with E-state index in [0.717, 1.165) is 58.0 Å². The predicted octanol–water partition coefficient (Wildman–Crippen LogP) is 4.43. The number of benzene rings is 2. The highest BCUT2D eigenvalue weighted by molar-refractivity contribution is 8.00. The highest BCUT2D eigenvalue weighted by atomic mass is 32.2. The number of thiazole rings is 1. The Hall–Kier alpha value is -3.45. The summed E-state index contributed by atoms with van der Waals surface area (Å²) in [5.74, 6) is -5.08. The van der Waals surface area contributed by atoms with Gasteiger partial charge in [0.1, 0.15) is 17.6 Å². The first kappa shape index (κ1) is 26.2. The molecule has 13 heteroatoms. The van der Waals surface area contributed by atoms with Crippen molar-refractivity contribution in [1.82, 2.24) is 4.57 Å². The summed E-state index contributed by atoms with van der Waals surface area (Å²) >= 11 is 1.62. The molecular formula is C25H18F4N2O5S2. The second-order valence-electron chi connectivity index (χ2n) is 8.55. The van der Waals surface area contributed by atoms with Gasteiger partial charge in [0, 0.05) is 10.8 Å². The molecule has 2 aliphatic heterocycles. The smallest absolute Gasteiger partial charge is 0.418 e. The van der Waals surface area contributed by atoms with Gasteiger partial charge in [0.25, 0.3) is 0 Å². The second kappa shape index (κ2) is 9.70. The van der Waals surface area contributed by atoms with Gasteiger partial charge in [-0.05, 0) is 36.8 Å². The average Bonchev–Trinajstić information content (AvgIpc) is 3.30. The number of hydrogen-bond acceptors (Lipinski definition) is 7. The molecule has 2 amide bonds. The molecule has 2 aliphatic rings. The maximum absolute atomic E-state index is 13.8.